The minimum atomic E-state index is 0.303. The van der Waals surface area contributed by atoms with Gasteiger partial charge in [-0.15, -0.1) is 11.3 Å². The average Bonchev–Trinajstić information content (AvgIpc) is 3.35. The number of thiophene rings is 1. The standard InChI is InChI=1S/C21H27N3OS/c25-21(24-10-4-8-19(24)20-9-5-15-26-20)17-23-13-11-22(12-14-23)16-18-6-2-1-3-7-18/h1-3,5-7,9,15,19H,4,8,10-14,16-17H2. The lowest BCUT2D eigenvalue weighted by Crippen LogP contribution is -2.49. The van der Waals surface area contributed by atoms with Crippen LogP contribution in [0.4, 0.5) is 0 Å². The SMILES string of the molecule is O=C(CN1CCN(Cc2ccccc2)CC1)N1CCCC1c1cccs1. The lowest BCUT2D eigenvalue weighted by Gasteiger charge is -2.35. The summed E-state index contributed by atoms with van der Waals surface area (Å²) in [6.07, 6.45) is 2.23. The van der Waals surface area contributed by atoms with Crippen molar-refractivity contribution in [1.29, 1.82) is 0 Å². The topological polar surface area (TPSA) is 26.8 Å². The molecule has 1 aromatic carbocycles. The van der Waals surface area contributed by atoms with Crippen LogP contribution in [0.25, 0.3) is 0 Å². The van der Waals surface area contributed by atoms with Crippen LogP contribution >= 0.6 is 11.3 Å². The van der Waals surface area contributed by atoms with E-state index in [0.717, 1.165) is 52.1 Å². The smallest absolute Gasteiger partial charge is 0.237 e. The number of nitrogens with zero attached hydrogens (tertiary/aromatic N) is 3. The third-order valence-electron chi connectivity index (χ3n) is 5.52. The minimum Gasteiger partial charge on any atom is -0.334 e. The zero-order valence-corrected chi connectivity index (χ0v) is 16.0. The second kappa shape index (κ2) is 8.33. The Bertz CT molecular complexity index is 695. The van der Waals surface area contributed by atoms with Crippen molar-refractivity contribution >= 4 is 17.2 Å². The molecule has 0 saturated carbocycles. The number of benzene rings is 1. The molecule has 2 saturated heterocycles. The van der Waals surface area contributed by atoms with Crippen LogP contribution in [0.1, 0.15) is 29.3 Å². The third kappa shape index (κ3) is 4.17. The van der Waals surface area contributed by atoms with Crippen LogP contribution in [0.5, 0.6) is 0 Å². The second-order valence-electron chi connectivity index (χ2n) is 7.30. The Hall–Kier alpha value is -1.69. The quantitative estimate of drug-likeness (QED) is 0.810. The van der Waals surface area contributed by atoms with Gasteiger partial charge in [0, 0.05) is 44.1 Å². The molecule has 1 atom stereocenters. The molecule has 0 aliphatic carbocycles. The highest BCUT2D eigenvalue weighted by molar-refractivity contribution is 7.10. The van der Waals surface area contributed by atoms with Crippen LogP contribution < -0.4 is 0 Å². The van der Waals surface area contributed by atoms with E-state index in [9.17, 15) is 4.79 Å². The maximum Gasteiger partial charge on any atom is 0.237 e. The summed E-state index contributed by atoms with van der Waals surface area (Å²) >= 11 is 1.77. The summed E-state index contributed by atoms with van der Waals surface area (Å²) in [7, 11) is 0. The fourth-order valence-electron chi connectivity index (χ4n) is 4.07. The van der Waals surface area contributed by atoms with E-state index in [0.29, 0.717) is 18.5 Å². The Morgan fingerprint density at radius 1 is 0.962 bits per heavy atom. The largest absolute Gasteiger partial charge is 0.334 e. The first-order valence-electron chi connectivity index (χ1n) is 9.61. The van der Waals surface area contributed by atoms with Gasteiger partial charge in [0.15, 0.2) is 0 Å². The number of amides is 1. The molecule has 4 nitrogen and oxygen atoms in total. The Morgan fingerprint density at radius 2 is 1.73 bits per heavy atom. The van der Waals surface area contributed by atoms with Gasteiger partial charge in [-0.1, -0.05) is 36.4 Å². The second-order valence-corrected chi connectivity index (χ2v) is 8.28. The summed E-state index contributed by atoms with van der Waals surface area (Å²) in [5, 5.41) is 2.11. The molecular weight excluding hydrogens is 342 g/mol. The van der Waals surface area contributed by atoms with E-state index >= 15 is 0 Å². The molecule has 2 aliphatic rings. The highest BCUT2D eigenvalue weighted by atomic mass is 32.1. The summed E-state index contributed by atoms with van der Waals surface area (Å²) in [5.41, 5.74) is 1.37. The van der Waals surface area contributed by atoms with Gasteiger partial charge < -0.3 is 4.90 Å². The van der Waals surface area contributed by atoms with E-state index in [1.165, 1.54) is 10.4 Å². The monoisotopic (exact) mass is 369 g/mol. The molecule has 0 spiro atoms. The van der Waals surface area contributed by atoms with E-state index < -0.39 is 0 Å². The van der Waals surface area contributed by atoms with Gasteiger partial charge in [0.05, 0.1) is 12.6 Å². The van der Waals surface area contributed by atoms with Crippen molar-refractivity contribution in [2.24, 2.45) is 0 Å². The lowest BCUT2D eigenvalue weighted by molar-refractivity contribution is -0.133. The van der Waals surface area contributed by atoms with Gasteiger partial charge in [0.2, 0.25) is 5.91 Å². The highest BCUT2D eigenvalue weighted by Gasteiger charge is 2.31. The maximum absolute atomic E-state index is 12.9. The van der Waals surface area contributed by atoms with Crippen molar-refractivity contribution in [2.45, 2.75) is 25.4 Å². The first kappa shape index (κ1) is 17.7. The molecule has 138 valence electrons. The number of piperazine rings is 1. The molecule has 1 amide bonds. The molecule has 2 aromatic rings. The Morgan fingerprint density at radius 3 is 2.46 bits per heavy atom. The summed E-state index contributed by atoms with van der Waals surface area (Å²) < 4.78 is 0. The van der Waals surface area contributed by atoms with Crippen molar-refractivity contribution in [2.75, 3.05) is 39.3 Å². The van der Waals surface area contributed by atoms with Crippen LogP contribution in [0, 0.1) is 0 Å². The summed E-state index contributed by atoms with van der Waals surface area (Å²) in [6, 6.07) is 15.2. The van der Waals surface area contributed by atoms with Crippen LogP contribution in [-0.2, 0) is 11.3 Å². The molecule has 1 aromatic heterocycles. The number of hydrogen-bond donors (Lipinski definition) is 0. The molecule has 5 heteroatoms. The summed E-state index contributed by atoms with van der Waals surface area (Å²) in [6.45, 7) is 6.53. The number of rotatable bonds is 5. The van der Waals surface area contributed by atoms with E-state index in [4.69, 9.17) is 0 Å². The Kier molecular flexibility index (Phi) is 5.68. The molecule has 2 fully saturated rings. The number of likely N-dealkylation sites (tertiary alicyclic amines) is 1. The van der Waals surface area contributed by atoms with Crippen molar-refractivity contribution in [3.05, 3.63) is 58.3 Å². The van der Waals surface area contributed by atoms with Crippen LogP contribution in [0.2, 0.25) is 0 Å². The molecule has 3 heterocycles. The van der Waals surface area contributed by atoms with E-state index in [-0.39, 0.29) is 0 Å². The van der Waals surface area contributed by atoms with E-state index in [1.807, 2.05) is 0 Å². The molecule has 2 aliphatic heterocycles. The molecule has 0 radical (unpaired) electrons. The predicted molar refractivity (Wildman–Crippen MR) is 106 cm³/mol. The highest BCUT2D eigenvalue weighted by Crippen LogP contribution is 2.34. The third-order valence-corrected chi connectivity index (χ3v) is 6.49. The van der Waals surface area contributed by atoms with Gasteiger partial charge >= 0.3 is 0 Å². The first-order valence-corrected chi connectivity index (χ1v) is 10.5. The van der Waals surface area contributed by atoms with Crippen LogP contribution in [0.3, 0.4) is 0 Å². The fraction of sp³-hybridized carbons (Fsp3) is 0.476. The van der Waals surface area contributed by atoms with E-state index in [2.05, 4.69) is 62.5 Å². The average molecular weight is 370 g/mol. The van der Waals surface area contributed by atoms with Crippen molar-refractivity contribution in [3.63, 3.8) is 0 Å². The zero-order valence-electron chi connectivity index (χ0n) is 15.2. The normalized spacial score (nSPS) is 22.0. The molecule has 1 unspecified atom stereocenters. The van der Waals surface area contributed by atoms with Crippen molar-refractivity contribution in [1.82, 2.24) is 14.7 Å². The van der Waals surface area contributed by atoms with Crippen LogP contribution in [-0.4, -0.2) is 59.9 Å². The van der Waals surface area contributed by atoms with Crippen molar-refractivity contribution in [3.8, 4) is 0 Å². The van der Waals surface area contributed by atoms with E-state index in [1.54, 1.807) is 11.3 Å². The summed E-state index contributed by atoms with van der Waals surface area (Å²) in [4.78, 5) is 21.1. The number of carbonyl (C=O) groups excluding carboxylic acids is 1. The molecule has 0 N–H and O–H groups in total. The fourth-order valence-corrected chi connectivity index (χ4v) is 4.94. The molecule has 0 bridgehead atoms. The Balaban J connectivity index is 1.27. The van der Waals surface area contributed by atoms with Gasteiger partial charge in [-0.3, -0.25) is 14.6 Å². The Labute approximate surface area is 160 Å². The first-order chi connectivity index (χ1) is 12.8. The number of hydrogen-bond acceptors (Lipinski definition) is 4. The van der Waals surface area contributed by atoms with Gasteiger partial charge in [-0.2, -0.15) is 0 Å². The predicted octanol–water partition coefficient (Wildman–Crippen LogP) is 3.23. The van der Waals surface area contributed by atoms with Gasteiger partial charge in [-0.05, 0) is 29.9 Å². The maximum atomic E-state index is 12.9. The van der Waals surface area contributed by atoms with Gasteiger partial charge in [-0.25, -0.2) is 0 Å². The zero-order chi connectivity index (χ0) is 17.8. The minimum absolute atomic E-state index is 0.303. The van der Waals surface area contributed by atoms with Gasteiger partial charge in [0.25, 0.3) is 0 Å². The summed E-state index contributed by atoms with van der Waals surface area (Å²) in [5.74, 6) is 0.303. The lowest BCUT2D eigenvalue weighted by atomic mass is 10.2. The molecular formula is C21H27N3OS. The number of carbonyl (C=O) groups is 1. The van der Waals surface area contributed by atoms with Gasteiger partial charge in [0.1, 0.15) is 0 Å². The van der Waals surface area contributed by atoms with Crippen molar-refractivity contribution < 1.29 is 4.79 Å². The van der Waals surface area contributed by atoms with Crippen LogP contribution in [0.15, 0.2) is 47.8 Å². The molecule has 26 heavy (non-hydrogen) atoms. The molecule has 4 rings (SSSR count).